The molecule has 0 aliphatic rings. The van der Waals surface area contributed by atoms with Crippen molar-refractivity contribution in [1.82, 2.24) is 0 Å². The van der Waals surface area contributed by atoms with E-state index in [2.05, 4.69) is 16.6 Å². The Morgan fingerprint density at radius 3 is 2.62 bits per heavy atom. The third kappa shape index (κ3) is 4.13. The van der Waals surface area contributed by atoms with Crippen LogP contribution < -0.4 is 4.72 Å². The lowest BCUT2D eigenvalue weighted by atomic mass is 10.2. The number of anilines is 1. The first-order valence-electron chi connectivity index (χ1n) is 5.60. The van der Waals surface area contributed by atoms with Crippen LogP contribution in [0.25, 0.3) is 0 Å². The third-order valence-electron chi connectivity index (χ3n) is 2.34. The van der Waals surface area contributed by atoms with E-state index in [1.165, 1.54) is 24.3 Å². The fraction of sp³-hybridized carbons (Fsp3) is 0.0769. The van der Waals surface area contributed by atoms with Crippen LogP contribution in [0.2, 0.25) is 9.36 Å². The molecule has 0 aliphatic heterocycles. The van der Waals surface area contributed by atoms with Crippen molar-refractivity contribution in [1.29, 1.82) is 0 Å². The highest BCUT2D eigenvalue weighted by Gasteiger charge is 2.18. The van der Waals surface area contributed by atoms with Gasteiger partial charge in [0, 0.05) is 5.02 Å². The number of rotatable bonds is 3. The van der Waals surface area contributed by atoms with E-state index in [1.54, 1.807) is 6.07 Å². The third-order valence-corrected chi connectivity index (χ3v) is 5.67. The molecule has 1 aromatic heterocycles. The molecule has 0 bridgehead atoms. The largest absolute Gasteiger partial charge is 0.384 e. The van der Waals surface area contributed by atoms with Gasteiger partial charge in [0.1, 0.15) is 10.8 Å². The fourth-order valence-electron chi connectivity index (χ4n) is 1.48. The molecule has 2 N–H and O–H groups in total. The number of hydrogen-bond donors (Lipinski definition) is 2. The lowest BCUT2D eigenvalue weighted by molar-refractivity contribution is 0.350. The summed E-state index contributed by atoms with van der Waals surface area (Å²) < 4.78 is 27.4. The zero-order valence-electron chi connectivity index (χ0n) is 10.4. The zero-order valence-corrected chi connectivity index (χ0v) is 13.6. The van der Waals surface area contributed by atoms with E-state index in [0.717, 1.165) is 11.3 Å². The normalized spacial score (nSPS) is 10.8. The quantitative estimate of drug-likeness (QED) is 0.824. The summed E-state index contributed by atoms with van der Waals surface area (Å²) in [6.07, 6.45) is 0. The van der Waals surface area contributed by atoms with Crippen LogP contribution in [0.3, 0.4) is 0 Å². The first kappa shape index (κ1) is 16.1. The van der Waals surface area contributed by atoms with E-state index in [9.17, 15) is 8.42 Å². The highest BCUT2D eigenvalue weighted by Crippen LogP contribution is 2.28. The van der Waals surface area contributed by atoms with Gasteiger partial charge >= 0.3 is 0 Å². The molecule has 2 rings (SSSR count). The minimum Gasteiger partial charge on any atom is -0.384 e. The summed E-state index contributed by atoms with van der Waals surface area (Å²) in [5, 5.41) is 9.16. The molecular weight excluding hydrogens is 353 g/mol. The molecule has 0 fully saturated rings. The maximum atomic E-state index is 12.2. The molecule has 0 saturated carbocycles. The van der Waals surface area contributed by atoms with Gasteiger partial charge in [0.15, 0.2) is 0 Å². The molecule has 4 nitrogen and oxygen atoms in total. The number of aliphatic hydroxyl groups excluding tert-OH is 1. The SMILES string of the molecule is O=S(=O)(Nc1ccc(Cl)cc1C#CCO)c1ccc(Cl)s1. The zero-order chi connectivity index (χ0) is 15.5. The van der Waals surface area contributed by atoms with Crippen molar-refractivity contribution >= 4 is 50.2 Å². The van der Waals surface area contributed by atoms with Gasteiger partial charge in [-0.05, 0) is 30.3 Å². The Bertz CT molecular complexity index is 819. The van der Waals surface area contributed by atoms with Gasteiger partial charge in [-0.2, -0.15) is 0 Å². The maximum absolute atomic E-state index is 12.2. The summed E-state index contributed by atoms with van der Waals surface area (Å²) in [6.45, 7) is -0.334. The molecule has 0 aliphatic carbocycles. The van der Waals surface area contributed by atoms with E-state index in [4.69, 9.17) is 28.3 Å². The number of halogens is 2. The predicted octanol–water partition coefficient (Wildman–Crippen LogP) is 3.20. The first-order chi connectivity index (χ1) is 9.92. The minimum atomic E-state index is -3.74. The van der Waals surface area contributed by atoms with Gasteiger partial charge < -0.3 is 5.11 Å². The fourth-order valence-corrected chi connectivity index (χ4v) is 4.22. The summed E-state index contributed by atoms with van der Waals surface area (Å²) in [6, 6.07) is 7.50. The molecule has 0 amide bonds. The Labute approximate surface area is 136 Å². The van der Waals surface area contributed by atoms with Gasteiger partial charge in [0.25, 0.3) is 10.0 Å². The predicted molar refractivity (Wildman–Crippen MR) is 85.6 cm³/mol. The smallest absolute Gasteiger partial charge is 0.271 e. The van der Waals surface area contributed by atoms with Crippen LogP contribution in [-0.4, -0.2) is 20.1 Å². The highest BCUT2D eigenvalue weighted by atomic mass is 35.5. The van der Waals surface area contributed by atoms with E-state index in [1.807, 2.05) is 0 Å². The lowest BCUT2D eigenvalue weighted by Crippen LogP contribution is -2.12. The molecule has 0 radical (unpaired) electrons. The Morgan fingerprint density at radius 1 is 1.24 bits per heavy atom. The van der Waals surface area contributed by atoms with Crippen LogP contribution in [0.1, 0.15) is 5.56 Å². The van der Waals surface area contributed by atoms with Gasteiger partial charge in [-0.15, -0.1) is 11.3 Å². The van der Waals surface area contributed by atoms with Crippen molar-refractivity contribution in [3.63, 3.8) is 0 Å². The summed E-state index contributed by atoms with van der Waals surface area (Å²) in [4.78, 5) is 0. The van der Waals surface area contributed by atoms with Crippen molar-refractivity contribution in [3.05, 3.63) is 45.3 Å². The van der Waals surface area contributed by atoms with Crippen LogP contribution in [0.5, 0.6) is 0 Å². The molecule has 0 saturated heterocycles. The molecular formula is C13H9Cl2NO3S2. The number of hydrogen-bond acceptors (Lipinski definition) is 4. The standard InChI is InChI=1S/C13H9Cl2NO3S2/c14-10-3-4-11(9(8-10)2-1-7-17)16-21(18,19)13-6-5-12(15)20-13/h3-6,8,16-17H,7H2. The van der Waals surface area contributed by atoms with Crippen molar-refractivity contribution in [2.75, 3.05) is 11.3 Å². The summed E-state index contributed by atoms with van der Waals surface area (Å²) >= 11 is 12.6. The average molecular weight is 362 g/mol. The second kappa shape index (κ2) is 6.69. The number of thiophene rings is 1. The van der Waals surface area contributed by atoms with Gasteiger partial charge in [0.2, 0.25) is 0 Å². The second-order valence-corrected chi connectivity index (χ2v) is 7.87. The monoisotopic (exact) mass is 361 g/mol. The molecule has 1 aromatic carbocycles. The average Bonchev–Trinajstić information content (AvgIpc) is 2.86. The lowest BCUT2D eigenvalue weighted by Gasteiger charge is -2.08. The van der Waals surface area contributed by atoms with E-state index in [-0.39, 0.29) is 16.5 Å². The number of benzene rings is 1. The number of aliphatic hydroxyl groups is 1. The maximum Gasteiger partial charge on any atom is 0.271 e. The summed E-state index contributed by atoms with van der Waals surface area (Å²) in [5.41, 5.74) is 0.660. The van der Waals surface area contributed by atoms with Crippen molar-refractivity contribution in [3.8, 4) is 11.8 Å². The summed E-state index contributed by atoms with van der Waals surface area (Å²) in [5.74, 6) is 5.10. The van der Waals surface area contributed by atoms with E-state index < -0.39 is 10.0 Å². The molecule has 110 valence electrons. The Hall–Kier alpha value is -1.23. The molecule has 2 aromatic rings. The van der Waals surface area contributed by atoms with Crippen molar-refractivity contribution in [2.24, 2.45) is 0 Å². The van der Waals surface area contributed by atoms with Crippen LogP contribution in [-0.2, 0) is 10.0 Å². The van der Waals surface area contributed by atoms with Gasteiger partial charge in [0.05, 0.1) is 15.6 Å². The van der Waals surface area contributed by atoms with Gasteiger partial charge in [-0.25, -0.2) is 8.42 Å². The number of sulfonamides is 1. The van der Waals surface area contributed by atoms with E-state index in [0.29, 0.717) is 14.9 Å². The highest BCUT2D eigenvalue weighted by molar-refractivity contribution is 7.94. The molecule has 21 heavy (non-hydrogen) atoms. The molecule has 0 atom stereocenters. The molecule has 0 spiro atoms. The Kier molecular flexibility index (Phi) is 5.14. The Morgan fingerprint density at radius 2 is 2.00 bits per heavy atom. The van der Waals surface area contributed by atoms with Crippen LogP contribution in [0, 0.1) is 11.8 Å². The first-order valence-corrected chi connectivity index (χ1v) is 8.65. The molecule has 1 heterocycles. The molecule has 8 heteroatoms. The van der Waals surface area contributed by atoms with Crippen molar-refractivity contribution < 1.29 is 13.5 Å². The number of nitrogens with one attached hydrogen (secondary N) is 1. The van der Waals surface area contributed by atoms with Gasteiger partial charge in [-0.3, -0.25) is 4.72 Å². The van der Waals surface area contributed by atoms with Crippen molar-refractivity contribution in [2.45, 2.75) is 4.21 Å². The van der Waals surface area contributed by atoms with Crippen LogP contribution in [0.15, 0.2) is 34.5 Å². The second-order valence-electron chi connectivity index (χ2n) is 3.81. The molecule has 0 unspecified atom stereocenters. The van der Waals surface area contributed by atoms with Crippen LogP contribution in [0.4, 0.5) is 5.69 Å². The minimum absolute atomic E-state index is 0.100. The van der Waals surface area contributed by atoms with Gasteiger partial charge in [-0.1, -0.05) is 35.0 Å². The summed E-state index contributed by atoms with van der Waals surface area (Å²) in [7, 11) is -3.74. The Balaban J connectivity index is 2.39. The van der Waals surface area contributed by atoms with E-state index >= 15 is 0 Å². The topological polar surface area (TPSA) is 66.4 Å². The van der Waals surface area contributed by atoms with Crippen LogP contribution >= 0.6 is 34.5 Å².